The molecule has 1 aromatic carbocycles. The molecule has 90 valence electrons. The Morgan fingerprint density at radius 3 is 3.06 bits per heavy atom. The molecule has 0 aliphatic rings. The number of nitriles is 1. The van der Waals surface area contributed by atoms with Gasteiger partial charge in [-0.25, -0.2) is 0 Å². The van der Waals surface area contributed by atoms with E-state index in [-0.39, 0.29) is 17.8 Å². The van der Waals surface area contributed by atoms with Gasteiger partial charge in [-0.1, -0.05) is 6.07 Å². The van der Waals surface area contributed by atoms with Gasteiger partial charge in [-0.3, -0.25) is 4.79 Å². The lowest BCUT2D eigenvalue weighted by Gasteiger charge is -2.11. The van der Waals surface area contributed by atoms with E-state index in [0.717, 1.165) is 0 Å². The van der Waals surface area contributed by atoms with E-state index in [1.807, 2.05) is 6.07 Å². The number of nitrogens with one attached hydrogen (secondary N) is 1. The van der Waals surface area contributed by atoms with Gasteiger partial charge in [0.25, 0.3) is 0 Å². The van der Waals surface area contributed by atoms with Crippen molar-refractivity contribution in [2.24, 2.45) is 0 Å². The van der Waals surface area contributed by atoms with Crippen LogP contribution in [0.5, 0.6) is 0 Å². The number of carbonyl (C=O) groups excluding carboxylic acids is 1. The summed E-state index contributed by atoms with van der Waals surface area (Å²) in [6.07, 6.45) is 0. The number of carbonyl (C=O) groups is 1. The van der Waals surface area contributed by atoms with E-state index in [0.29, 0.717) is 17.0 Å². The molecule has 0 aliphatic heterocycles. The summed E-state index contributed by atoms with van der Waals surface area (Å²) in [5.41, 5.74) is 1.13. The highest BCUT2D eigenvalue weighted by atomic mass is 32.2. The highest BCUT2D eigenvalue weighted by Crippen LogP contribution is 2.14. The van der Waals surface area contributed by atoms with Crippen LogP contribution in [0.3, 0.4) is 0 Å². The number of benzene rings is 1. The molecule has 1 aromatic rings. The maximum absolute atomic E-state index is 11.7. The average Bonchev–Trinajstić information content (AvgIpc) is 2.36. The second kappa shape index (κ2) is 6.94. The van der Waals surface area contributed by atoms with Crippen molar-refractivity contribution in [2.75, 3.05) is 17.7 Å². The van der Waals surface area contributed by atoms with Crippen LogP contribution in [-0.4, -0.2) is 28.6 Å². The number of hydrogen-bond donors (Lipinski definition) is 2. The SMILES string of the molecule is C[C@H](SCCO)C(=O)Nc1cccc(C#N)c1. The molecular formula is C12H14N2O2S. The van der Waals surface area contributed by atoms with Gasteiger partial charge in [0.1, 0.15) is 0 Å². The summed E-state index contributed by atoms with van der Waals surface area (Å²) in [5.74, 6) is 0.408. The molecule has 0 fully saturated rings. The maximum Gasteiger partial charge on any atom is 0.237 e. The van der Waals surface area contributed by atoms with Gasteiger partial charge in [0.2, 0.25) is 5.91 Å². The number of hydrogen-bond acceptors (Lipinski definition) is 4. The lowest BCUT2D eigenvalue weighted by atomic mass is 10.2. The number of amides is 1. The van der Waals surface area contributed by atoms with E-state index in [1.165, 1.54) is 11.8 Å². The molecule has 0 spiro atoms. The predicted molar refractivity (Wildman–Crippen MR) is 68.8 cm³/mol. The fraction of sp³-hybridized carbons (Fsp3) is 0.333. The highest BCUT2D eigenvalue weighted by Gasteiger charge is 2.12. The summed E-state index contributed by atoms with van der Waals surface area (Å²) in [6.45, 7) is 1.84. The number of thioether (sulfide) groups is 1. The predicted octanol–water partition coefficient (Wildman–Crippen LogP) is 1.61. The van der Waals surface area contributed by atoms with Gasteiger partial charge in [-0.15, -0.1) is 11.8 Å². The van der Waals surface area contributed by atoms with Crippen molar-refractivity contribution >= 4 is 23.4 Å². The third-order valence-electron chi connectivity index (χ3n) is 2.09. The van der Waals surface area contributed by atoms with Crippen molar-refractivity contribution < 1.29 is 9.90 Å². The molecule has 17 heavy (non-hydrogen) atoms. The van der Waals surface area contributed by atoms with E-state index in [4.69, 9.17) is 10.4 Å². The lowest BCUT2D eigenvalue weighted by Crippen LogP contribution is -2.23. The van der Waals surface area contributed by atoms with Crippen molar-refractivity contribution in [3.8, 4) is 6.07 Å². The van der Waals surface area contributed by atoms with Crippen molar-refractivity contribution in [2.45, 2.75) is 12.2 Å². The Labute approximate surface area is 105 Å². The first-order chi connectivity index (χ1) is 8.17. The van der Waals surface area contributed by atoms with Gasteiger partial charge in [0.15, 0.2) is 0 Å². The largest absolute Gasteiger partial charge is 0.396 e. The van der Waals surface area contributed by atoms with Gasteiger partial charge >= 0.3 is 0 Å². The first-order valence-electron chi connectivity index (χ1n) is 5.21. The smallest absolute Gasteiger partial charge is 0.237 e. The summed E-state index contributed by atoms with van der Waals surface area (Å²) in [6, 6.07) is 8.78. The minimum Gasteiger partial charge on any atom is -0.396 e. The molecule has 0 radical (unpaired) electrons. The van der Waals surface area contributed by atoms with E-state index in [2.05, 4.69) is 5.32 Å². The van der Waals surface area contributed by atoms with Crippen LogP contribution >= 0.6 is 11.8 Å². The molecule has 1 amide bonds. The van der Waals surface area contributed by atoms with Crippen molar-refractivity contribution in [1.29, 1.82) is 5.26 Å². The standard InChI is InChI=1S/C12H14N2O2S/c1-9(17-6-5-15)12(16)14-11-4-2-3-10(7-11)8-13/h2-4,7,9,15H,5-6H2,1H3,(H,14,16)/t9-/m0/s1. The first kappa shape index (κ1) is 13.6. The summed E-state index contributed by atoms with van der Waals surface area (Å²) >= 11 is 1.39. The maximum atomic E-state index is 11.7. The molecular weight excluding hydrogens is 236 g/mol. The third kappa shape index (κ3) is 4.47. The van der Waals surface area contributed by atoms with E-state index >= 15 is 0 Å². The Kier molecular flexibility index (Phi) is 5.53. The van der Waals surface area contributed by atoms with Gasteiger partial charge in [-0.2, -0.15) is 5.26 Å². The van der Waals surface area contributed by atoms with Gasteiger partial charge < -0.3 is 10.4 Å². The number of nitrogens with zero attached hydrogens (tertiary/aromatic N) is 1. The zero-order valence-electron chi connectivity index (χ0n) is 9.51. The minimum absolute atomic E-state index is 0.0617. The van der Waals surface area contributed by atoms with E-state index < -0.39 is 0 Å². The number of rotatable bonds is 5. The molecule has 4 nitrogen and oxygen atoms in total. The highest BCUT2D eigenvalue weighted by molar-refractivity contribution is 8.00. The lowest BCUT2D eigenvalue weighted by molar-refractivity contribution is -0.115. The molecule has 0 bridgehead atoms. The molecule has 1 atom stereocenters. The van der Waals surface area contributed by atoms with Crippen LogP contribution in [0.2, 0.25) is 0 Å². The summed E-state index contributed by atoms with van der Waals surface area (Å²) in [7, 11) is 0. The van der Waals surface area contributed by atoms with Gasteiger partial charge in [-0.05, 0) is 25.1 Å². The van der Waals surface area contributed by atoms with Crippen LogP contribution in [-0.2, 0) is 4.79 Å². The summed E-state index contributed by atoms with van der Waals surface area (Å²) < 4.78 is 0. The number of aliphatic hydroxyl groups excluding tert-OH is 1. The second-order valence-electron chi connectivity index (χ2n) is 3.42. The van der Waals surface area contributed by atoms with Crippen LogP contribution in [0.4, 0.5) is 5.69 Å². The monoisotopic (exact) mass is 250 g/mol. The average molecular weight is 250 g/mol. The summed E-state index contributed by atoms with van der Waals surface area (Å²) in [4.78, 5) is 11.7. The summed E-state index contributed by atoms with van der Waals surface area (Å²) in [5, 5.41) is 19.9. The molecule has 5 heteroatoms. The number of aliphatic hydroxyl groups is 1. The minimum atomic E-state index is -0.229. The molecule has 0 unspecified atom stereocenters. The molecule has 0 saturated carbocycles. The van der Waals surface area contributed by atoms with E-state index in [9.17, 15) is 4.79 Å². The quantitative estimate of drug-likeness (QED) is 0.832. The van der Waals surface area contributed by atoms with Crippen molar-refractivity contribution in [3.63, 3.8) is 0 Å². The Hall–Kier alpha value is -1.51. The molecule has 0 aromatic heterocycles. The normalized spacial score (nSPS) is 11.6. The fourth-order valence-electron chi connectivity index (χ4n) is 1.22. The Bertz CT molecular complexity index is 429. The number of anilines is 1. The third-order valence-corrected chi connectivity index (χ3v) is 3.22. The molecule has 0 aliphatic carbocycles. The van der Waals surface area contributed by atoms with Gasteiger partial charge in [0, 0.05) is 11.4 Å². The zero-order chi connectivity index (χ0) is 12.7. The van der Waals surface area contributed by atoms with Crippen LogP contribution < -0.4 is 5.32 Å². The second-order valence-corrected chi connectivity index (χ2v) is 4.87. The molecule has 1 rings (SSSR count). The van der Waals surface area contributed by atoms with Crippen LogP contribution in [0, 0.1) is 11.3 Å². The Balaban J connectivity index is 2.58. The Morgan fingerprint density at radius 1 is 1.65 bits per heavy atom. The van der Waals surface area contributed by atoms with Crippen LogP contribution in [0.1, 0.15) is 12.5 Å². The van der Waals surface area contributed by atoms with Gasteiger partial charge in [0.05, 0.1) is 23.5 Å². The molecule has 0 heterocycles. The topological polar surface area (TPSA) is 73.1 Å². The Morgan fingerprint density at radius 2 is 2.41 bits per heavy atom. The van der Waals surface area contributed by atoms with E-state index in [1.54, 1.807) is 31.2 Å². The fourth-order valence-corrected chi connectivity index (χ4v) is 1.88. The van der Waals surface area contributed by atoms with Crippen LogP contribution in [0.15, 0.2) is 24.3 Å². The van der Waals surface area contributed by atoms with Crippen molar-refractivity contribution in [1.82, 2.24) is 0 Å². The first-order valence-corrected chi connectivity index (χ1v) is 6.25. The zero-order valence-corrected chi connectivity index (χ0v) is 10.3. The molecule has 2 N–H and O–H groups in total. The van der Waals surface area contributed by atoms with Crippen LogP contribution in [0.25, 0.3) is 0 Å². The molecule has 0 saturated heterocycles. The van der Waals surface area contributed by atoms with Crippen molar-refractivity contribution in [3.05, 3.63) is 29.8 Å².